The standard InChI is InChI=1S/C14H13F3N2O2/c1-8(13(21)12(18)9(2)20)7-19-11-5-3-4-10(6-11)14(15,16)17/h3-8,18H,1-2H3. The number of nitrogens with zero attached hydrogens (tertiary/aromatic N) is 1. The lowest BCUT2D eigenvalue weighted by molar-refractivity contribution is -0.137. The Morgan fingerprint density at radius 1 is 1.33 bits per heavy atom. The summed E-state index contributed by atoms with van der Waals surface area (Å²) in [4.78, 5) is 26.3. The lowest BCUT2D eigenvalue weighted by atomic mass is 10.0. The van der Waals surface area contributed by atoms with E-state index in [4.69, 9.17) is 5.41 Å². The monoisotopic (exact) mass is 298 g/mol. The van der Waals surface area contributed by atoms with E-state index in [2.05, 4.69) is 4.99 Å². The van der Waals surface area contributed by atoms with Gasteiger partial charge >= 0.3 is 6.18 Å². The first-order valence-electron chi connectivity index (χ1n) is 5.98. The second-order valence-electron chi connectivity index (χ2n) is 4.41. The van der Waals surface area contributed by atoms with E-state index in [1.165, 1.54) is 19.1 Å². The molecule has 0 aliphatic heterocycles. The first-order valence-corrected chi connectivity index (χ1v) is 5.98. The Morgan fingerprint density at radius 3 is 2.48 bits per heavy atom. The Bertz CT molecular complexity index is 606. The van der Waals surface area contributed by atoms with Crippen LogP contribution in [-0.2, 0) is 15.8 Å². The van der Waals surface area contributed by atoms with Crippen molar-refractivity contribution in [2.24, 2.45) is 10.9 Å². The third-order valence-electron chi connectivity index (χ3n) is 2.63. The van der Waals surface area contributed by atoms with E-state index < -0.39 is 34.9 Å². The van der Waals surface area contributed by atoms with Crippen molar-refractivity contribution in [2.45, 2.75) is 20.0 Å². The van der Waals surface area contributed by atoms with Crippen molar-refractivity contribution < 1.29 is 22.8 Å². The SMILES string of the molecule is CC(=O)C(=N)C(=O)C(C)C=Nc1cccc(C(F)(F)F)c1. The van der Waals surface area contributed by atoms with Crippen molar-refractivity contribution in [3.63, 3.8) is 0 Å². The second-order valence-corrected chi connectivity index (χ2v) is 4.41. The molecule has 0 aliphatic rings. The van der Waals surface area contributed by atoms with Gasteiger partial charge < -0.3 is 0 Å². The summed E-state index contributed by atoms with van der Waals surface area (Å²) in [6.07, 6.45) is -3.35. The van der Waals surface area contributed by atoms with Gasteiger partial charge in [-0.3, -0.25) is 20.0 Å². The van der Waals surface area contributed by atoms with Gasteiger partial charge in [-0.1, -0.05) is 13.0 Å². The Labute approximate surface area is 119 Å². The maximum absolute atomic E-state index is 12.5. The Hall–Kier alpha value is -2.31. The number of alkyl halides is 3. The van der Waals surface area contributed by atoms with Crippen LogP contribution >= 0.6 is 0 Å². The van der Waals surface area contributed by atoms with Crippen LogP contribution in [0, 0.1) is 11.3 Å². The molecule has 4 nitrogen and oxygen atoms in total. The quantitative estimate of drug-likeness (QED) is 0.669. The lowest BCUT2D eigenvalue weighted by Gasteiger charge is -2.07. The summed E-state index contributed by atoms with van der Waals surface area (Å²) in [5, 5.41) is 7.27. The Morgan fingerprint density at radius 2 is 1.95 bits per heavy atom. The molecule has 0 spiro atoms. The number of carbonyl (C=O) groups excluding carboxylic acids is 2. The average Bonchev–Trinajstić information content (AvgIpc) is 2.42. The highest BCUT2D eigenvalue weighted by molar-refractivity contribution is 6.65. The second kappa shape index (κ2) is 6.43. The van der Waals surface area contributed by atoms with Crippen LogP contribution < -0.4 is 0 Å². The summed E-state index contributed by atoms with van der Waals surface area (Å²) in [6.45, 7) is 2.51. The van der Waals surface area contributed by atoms with Crippen LogP contribution in [-0.4, -0.2) is 23.5 Å². The predicted octanol–water partition coefficient (Wildman–Crippen LogP) is 3.22. The highest BCUT2D eigenvalue weighted by Crippen LogP contribution is 2.31. The maximum atomic E-state index is 12.5. The molecule has 1 unspecified atom stereocenters. The van der Waals surface area contributed by atoms with Crippen LogP contribution in [0.15, 0.2) is 29.3 Å². The molecule has 1 aromatic carbocycles. The number of benzene rings is 1. The fourth-order valence-electron chi connectivity index (χ4n) is 1.43. The molecule has 0 aromatic heterocycles. The number of hydrogen-bond donors (Lipinski definition) is 1. The zero-order chi connectivity index (χ0) is 16.2. The zero-order valence-corrected chi connectivity index (χ0v) is 11.4. The minimum Gasteiger partial charge on any atom is -0.294 e. The van der Waals surface area contributed by atoms with Gasteiger partial charge in [-0.05, 0) is 18.2 Å². The van der Waals surface area contributed by atoms with Gasteiger partial charge in [0, 0.05) is 13.1 Å². The van der Waals surface area contributed by atoms with E-state index >= 15 is 0 Å². The fourth-order valence-corrected chi connectivity index (χ4v) is 1.43. The van der Waals surface area contributed by atoms with Crippen molar-refractivity contribution in [2.75, 3.05) is 0 Å². The van der Waals surface area contributed by atoms with Gasteiger partial charge in [-0.25, -0.2) is 0 Å². The topological polar surface area (TPSA) is 70.3 Å². The third kappa shape index (κ3) is 4.62. The maximum Gasteiger partial charge on any atom is 0.416 e. The largest absolute Gasteiger partial charge is 0.416 e. The van der Waals surface area contributed by atoms with Crippen LogP contribution in [0.1, 0.15) is 19.4 Å². The summed E-state index contributed by atoms with van der Waals surface area (Å²) in [7, 11) is 0. The van der Waals surface area contributed by atoms with E-state index in [9.17, 15) is 22.8 Å². The Balaban J connectivity index is 2.88. The molecule has 1 aromatic rings. The van der Waals surface area contributed by atoms with Gasteiger partial charge in [0.05, 0.1) is 17.2 Å². The van der Waals surface area contributed by atoms with E-state index in [1.807, 2.05) is 0 Å². The molecule has 0 radical (unpaired) electrons. The highest BCUT2D eigenvalue weighted by atomic mass is 19.4. The van der Waals surface area contributed by atoms with Crippen LogP contribution in [0.3, 0.4) is 0 Å². The molecule has 7 heteroatoms. The van der Waals surface area contributed by atoms with Crippen LogP contribution in [0.25, 0.3) is 0 Å². The van der Waals surface area contributed by atoms with E-state index in [0.29, 0.717) is 0 Å². The smallest absolute Gasteiger partial charge is 0.294 e. The average molecular weight is 298 g/mol. The number of ketones is 2. The normalized spacial score (nSPS) is 13.2. The third-order valence-corrected chi connectivity index (χ3v) is 2.63. The van der Waals surface area contributed by atoms with Crippen molar-refractivity contribution in [3.8, 4) is 0 Å². The van der Waals surface area contributed by atoms with Crippen LogP contribution in [0.2, 0.25) is 0 Å². The summed E-state index contributed by atoms with van der Waals surface area (Å²) < 4.78 is 37.6. The fraction of sp³-hybridized carbons (Fsp3) is 0.286. The number of aliphatic imine (C=N–C) groups is 1. The van der Waals surface area contributed by atoms with Crippen molar-refractivity contribution >= 4 is 29.2 Å². The molecule has 0 saturated carbocycles. The Kier molecular flexibility index (Phi) is 5.12. The summed E-state index contributed by atoms with van der Waals surface area (Å²) in [6, 6.07) is 4.34. The van der Waals surface area contributed by atoms with E-state index in [0.717, 1.165) is 25.3 Å². The molecule has 1 rings (SSSR count). The predicted molar refractivity (Wildman–Crippen MR) is 72.2 cm³/mol. The van der Waals surface area contributed by atoms with Gasteiger partial charge in [0.15, 0.2) is 11.6 Å². The molecule has 0 amide bonds. The number of hydrogen-bond acceptors (Lipinski definition) is 4. The molecule has 0 bridgehead atoms. The van der Waals surface area contributed by atoms with Gasteiger partial charge in [0.2, 0.25) is 0 Å². The highest BCUT2D eigenvalue weighted by Gasteiger charge is 2.30. The lowest BCUT2D eigenvalue weighted by Crippen LogP contribution is -2.27. The van der Waals surface area contributed by atoms with Crippen molar-refractivity contribution in [1.29, 1.82) is 5.41 Å². The van der Waals surface area contributed by atoms with Gasteiger partial charge in [0.25, 0.3) is 0 Å². The summed E-state index contributed by atoms with van der Waals surface area (Å²) >= 11 is 0. The van der Waals surface area contributed by atoms with E-state index in [-0.39, 0.29) is 5.69 Å². The van der Waals surface area contributed by atoms with Crippen molar-refractivity contribution in [1.82, 2.24) is 0 Å². The van der Waals surface area contributed by atoms with Gasteiger partial charge in [-0.15, -0.1) is 0 Å². The molecule has 0 saturated heterocycles. The van der Waals surface area contributed by atoms with Gasteiger partial charge in [-0.2, -0.15) is 13.2 Å². The van der Waals surface area contributed by atoms with Crippen molar-refractivity contribution in [3.05, 3.63) is 29.8 Å². The molecular formula is C14H13F3N2O2. The molecule has 21 heavy (non-hydrogen) atoms. The summed E-state index contributed by atoms with van der Waals surface area (Å²) in [5.74, 6) is -2.26. The molecule has 0 fully saturated rings. The molecule has 1 atom stereocenters. The number of nitrogens with one attached hydrogen (secondary N) is 1. The molecule has 112 valence electrons. The molecular weight excluding hydrogens is 285 g/mol. The summed E-state index contributed by atoms with van der Waals surface area (Å²) in [5.41, 5.74) is -1.45. The van der Waals surface area contributed by atoms with Crippen LogP contribution in [0.4, 0.5) is 18.9 Å². The number of carbonyl (C=O) groups is 2. The van der Waals surface area contributed by atoms with Crippen LogP contribution in [0.5, 0.6) is 0 Å². The van der Waals surface area contributed by atoms with Gasteiger partial charge in [0.1, 0.15) is 5.71 Å². The first-order chi connectivity index (χ1) is 9.62. The molecule has 1 N–H and O–H groups in total. The molecule has 0 heterocycles. The molecule has 0 aliphatic carbocycles. The first kappa shape index (κ1) is 16.7. The minimum absolute atomic E-state index is 0.0406. The van der Waals surface area contributed by atoms with E-state index in [1.54, 1.807) is 0 Å². The number of Topliss-reactive ketones (excluding diaryl/α,β-unsaturated/α-hetero) is 2. The number of rotatable bonds is 5. The minimum atomic E-state index is -4.47. The number of halogens is 3. The zero-order valence-electron chi connectivity index (χ0n) is 11.4.